The SMILES string of the molecule is CCOC(=O)c1nnc(SCCN2CCN(C)CC2)o1. The van der Waals surface area contributed by atoms with Crippen LogP contribution in [0.4, 0.5) is 0 Å². The van der Waals surface area contributed by atoms with Gasteiger partial charge in [-0.1, -0.05) is 16.9 Å². The minimum absolute atomic E-state index is 0.0750. The molecule has 1 aliphatic heterocycles. The third kappa shape index (κ3) is 4.46. The second-order valence-corrected chi connectivity index (χ2v) is 5.63. The quantitative estimate of drug-likeness (QED) is 0.558. The molecule has 112 valence electrons. The number of carbonyl (C=O) groups is 1. The highest BCUT2D eigenvalue weighted by molar-refractivity contribution is 7.99. The number of ether oxygens (including phenoxy) is 1. The second kappa shape index (κ2) is 7.61. The van der Waals surface area contributed by atoms with Gasteiger partial charge in [-0.25, -0.2) is 4.79 Å². The minimum Gasteiger partial charge on any atom is -0.459 e. The van der Waals surface area contributed by atoms with Gasteiger partial charge in [0.15, 0.2) is 0 Å². The molecular weight excluding hydrogens is 280 g/mol. The molecule has 1 aromatic rings. The number of hydrogen-bond acceptors (Lipinski definition) is 8. The van der Waals surface area contributed by atoms with Crippen molar-refractivity contribution in [3.63, 3.8) is 0 Å². The molecule has 1 fully saturated rings. The lowest BCUT2D eigenvalue weighted by atomic mass is 10.3. The fraction of sp³-hybridized carbons (Fsp3) is 0.750. The van der Waals surface area contributed by atoms with Gasteiger partial charge in [0, 0.05) is 38.5 Å². The maximum absolute atomic E-state index is 11.4. The first-order valence-corrected chi connectivity index (χ1v) is 7.72. The summed E-state index contributed by atoms with van der Waals surface area (Å²) < 4.78 is 10.0. The van der Waals surface area contributed by atoms with Crippen molar-refractivity contribution in [1.82, 2.24) is 20.0 Å². The molecular formula is C12H20N4O3S. The zero-order valence-corrected chi connectivity index (χ0v) is 12.7. The molecule has 0 aromatic carbocycles. The molecule has 7 nitrogen and oxygen atoms in total. The highest BCUT2D eigenvalue weighted by Gasteiger charge is 2.17. The van der Waals surface area contributed by atoms with Crippen LogP contribution in [0.3, 0.4) is 0 Å². The molecule has 1 aromatic heterocycles. The standard InChI is InChI=1S/C12H20N4O3S/c1-3-18-11(17)10-13-14-12(19-10)20-9-8-16-6-4-15(2)5-7-16/h3-9H2,1-2H3. The molecule has 0 amide bonds. The summed E-state index contributed by atoms with van der Waals surface area (Å²) in [5.41, 5.74) is 0. The van der Waals surface area contributed by atoms with Crippen LogP contribution in [0.1, 0.15) is 17.6 Å². The van der Waals surface area contributed by atoms with Crippen LogP contribution in [0.2, 0.25) is 0 Å². The van der Waals surface area contributed by atoms with Crippen molar-refractivity contribution in [3.05, 3.63) is 5.89 Å². The van der Waals surface area contributed by atoms with E-state index in [-0.39, 0.29) is 5.89 Å². The van der Waals surface area contributed by atoms with Crippen molar-refractivity contribution in [2.75, 3.05) is 52.1 Å². The summed E-state index contributed by atoms with van der Waals surface area (Å²) in [4.78, 5) is 16.1. The van der Waals surface area contributed by atoms with Crippen molar-refractivity contribution in [2.45, 2.75) is 12.1 Å². The Bertz CT molecular complexity index is 432. The first kappa shape index (κ1) is 15.3. The van der Waals surface area contributed by atoms with E-state index in [9.17, 15) is 4.79 Å². The average molecular weight is 300 g/mol. The third-order valence-electron chi connectivity index (χ3n) is 3.09. The first-order valence-electron chi connectivity index (χ1n) is 6.73. The average Bonchev–Trinajstić information content (AvgIpc) is 2.90. The van der Waals surface area contributed by atoms with E-state index in [1.165, 1.54) is 11.8 Å². The molecule has 0 unspecified atom stereocenters. The molecule has 1 aliphatic rings. The molecule has 2 heterocycles. The van der Waals surface area contributed by atoms with Gasteiger partial charge in [0.1, 0.15) is 0 Å². The largest absolute Gasteiger partial charge is 0.459 e. The molecule has 8 heteroatoms. The van der Waals surface area contributed by atoms with Crippen LogP contribution in [0.5, 0.6) is 0 Å². The molecule has 0 atom stereocenters. The van der Waals surface area contributed by atoms with Crippen LogP contribution in [-0.4, -0.2) is 78.1 Å². The summed E-state index contributed by atoms with van der Waals surface area (Å²) in [5.74, 6) is 0.230. The first-order chi connectivity index (χ1) is 9.69. The van der Waals surface area contributed by atoms with Crippen LogP contribution in [0.15, 0.2) is 9.64 Å². The number of aromatic nitrogens is 2. The van der Waals surface area contributed by atoms with E-state index in [1.807, 2.05) is 0 Å². The molecule has 0 N–H and O–H groups in total. The zero-order valence-electron chi connectivity index (χ0n) is 11.9. The number of thioether (sulfide) groups is 1. The van der Waals surface area contributed by atoms with E-state index in [0.29, 0.717) is 11.8 Å². The predicted octanol–water partition coefficient (Wildman–Crippen LogP) is 0.586. The molecule has 0 aliphatic carbocycles. The smallest absolute Gasteiger partial charge is 0.396 e. The van der Waals surface area contributed by atoms with Gasteiger partial charge >= 0.3 is 11.9 Å². The number of hydrogen-bond donors (Lipinski definition) is 0. The number of piperazine rings is 1. The number of rotatable bonds is 6. The Morgan fingerprint density at radius 2 is 2.10 bits per heavy atom. The van der Waals surface area contributed by atoms with Gasteiger partial charge < -0.3 is 14.1 Å². The lowest BCUT2D eigenvalue weighted by molar-refractivity contribution is 0.0475. The Hall–Kier alpha value is -1.12. The van der Waals surface area contributed by atoms with E-state index < -0.39 is 5.97 Å². The third-order valence-corrected chi connectivity index (χ3v) is 3.88. The van der Waals surface area contributed by atoms with Crippen LogP contribution in [-0.2, 0) is 4.74 Å². The molecule has 0 radical (unpaired) electrons. The van der Waals surface area contributed by atoms with Gasteiger partial charge in [0.05, 0.1) is 6.61 Å². The summed E-state index contributed by atoms with van der Waals surface area (Å²) in [6.07, 6.45) is 0. The molecule has 0 bridgehead atoms. The number of likely N-dealkylation sites (N-methyl/N-ethyl adjacent to an activating group) is 1. The summed E-state index contributed by atoms with van der Waals surface area (Å²) in [5, 5.41) is 7.93. The minimum atomic E-state index is -0.564. The second-order valence-electron chi connectivity index (χ2n) is 4.59. The fourth-order valence-corrected chi connectivity index (χ4v) is 2.64. The van der Waals surface area contributed by atoms with Gasteiger partial charge in [0.25, 0.3) is 5.22 Å². The predicted molar refractivity (Wildman–Crippen MR) is 74.9 cm³/mol. The van der Waals surface area contributed by atoms with Crippen molar-refractivity contribution < 1.29 is 13.9 Å². The normalized spacial score (nSPS) is 17.3. The topological polar surface area (TPSA) is 71.7 Å². The molecule has 0 spiro atoms. The Kier molecular flexibility index (Phi) is 5.81. The van der Waals surface area contributed by atoms with Crippen molar-refractivity contribution in [1.29, 1.82) is 0 Å². The molecule has 0 saturated carbocycles. The monoisotopic (exact) mass is 300 g/mol. The van der Waals surface area contributed by atoms with E-state index in [0.717, 1.165) is 38.5 Å². The van der Waals surface area contributed by atoms with Gasteiger partial charge in [0.2, 0.25) is 0 Å². The van der Waals surface area contributed by atoms with Crippen LogP contribution >= 0.6 is 11.8 Å². The van der Waals surface area contributed by atoms with Crippen LogP contribution < -0.4 is 0 Å². The van der Waals surface area contributed by atoms with Gasteiger partial charge in [-0.2, -0.15) is 0 Å². The number of esters is 1. The van der Waals surface area contributed by atoms with E-state index in [4.69, 9.17) is 9.15 Å². The van der Waals surface area contributed by atoms with E-state index in [1.54, 1.807) is 6.92 Å². The Labute approximate surface area is 122 Å². The van der Waals surface area contributed by atoms with Gasteiger partial charge in [-0.05, 0) is 14.0 Å². The highest BCUT2D eigenvalue weighted by Crippen LogP contribution is 2.16. The highest BCUT2D eigenvalue weighted by atomic mass is 32.2. The molecule has 2 rings (SSSR count). The lowest BCUT2D eigenvalue weighted by Crippen LogP contribution is -2.45. The summed E-state index contributed by atoms with van der Waals surface area (Å²) in [7, 11) is 2.14. The molecule has 1 saturated heterocycles. The van der Waals surface area contributed by atoms with Crippen molar-refractivity contribution in [3.8, 4) is 0 Å². The summed E-state index contributed by atoms with van der Waals surface area (Å²) in [6, 6.07) is 0. The summed E-state index contributed by atoms with van der Waals surface area (Å²) >= 11 is 1.47. The van der Waals surface area contributed by atoms with Gasteiger partial charge in [-0.15, -0.1) is 5.10 Å². The maximum Gasteiger partial charge on any atom is 0.396 e. The van der Waals surface area contributed by atoms with E-state index in [2.05, 4.69) is 27.0 Å². The number of nitrogens with zero attached hydrogens (tertiary/aromatic N) is 4. The lowest BCUT2D eigenvalue weighted by Gasteiger charge is -2.32. The van der Waals surface area contributed by atoms with Crippen molar-refractivity contribution >= 4 is 17.7 Å². The fourth-order valence-electron chi connectivity index (χ4n) is 1.88. The molecule has 20 heavy (non-hydrogen) atoms. The number of carbonyl (C=O) groups excluding carboxylic acids is 1. The van der Waals surface area contributed by atoms with E-state index >= 15 is 0 Å². The van der Waals surface area contributed by atoms with Crippen molar-refractivity contribution in [2.24, 2.45) is 0 Å². The Balaban J connectivity index is 1.70. The summed E-state index contributed by atoms with van der Waals surface area (Å²) in [6.45, 7) is 7.42. The van der Waals surface area contributed by atoms with Gasteiger partial charge in [-0.3, -0.25) is 4.90 Å². The van der Waals surface area contributed by atoms with Crippen LogP contribution in [0.25, 0.3) is 0 Å². The zero-order chi connectivity index (χ0) is 14.4. The Morgan fingerprint density at radius 3 is 2.80 bits per heavy atom. The Morgan fingerprint density at radius 1 is 1.35 bits per heavy atom. The van der Waals surface area contributed by atoms with Crippen LogP contribution in [0, 0.1) is 0 Å². The maximum atomic E-state index is 11.4.